The minimum absolute atomic E-state index is 0.0340. The Morgan fingerprint density at radius 2 is 0.935 bits per heavy atom. The van der Waals surface area contributed by atoms with E-state index in [4.69, 9.17) is 28.4 Å². The quantitative estimate of drug-likeness (QED) is 0.319. The lowest BCUT2D eigenvalue weighted by Gasteiger charge is -2.36. The molecule has 1 saturated heterocycles. The Labute approximate surface area is 273 Å². The molecule has 0 spiro atoms. The SMILES string of the molecule is CO[C@H]1OC2=C[C@H](c3ccccc3)C1CCCCCCOC(=O)C1=C[C@@H](c3ccccc3)C(CCCCCCOC2=O)[C@H](OC)O1. The first-order valence-corrected chi connectivity index (χ1v) is 16.9. The molecule has 2 aromatic carbocycles. The average Bonchev–Trinajstić information content (AvgIpc) is 3.10. The third-order valence-electron chi connectivity index (χ3n) is 9.34. The second-order valence-corrected chi connectivity index (χ2v) is 12.4. The Bertz CT molecular complexity index is 1200. The molecule has 2 aromatic rings. The number of hydrogen-bond donors (Lipinski definition) is 0. The van der Waals surface area contributed by atoms with Crippen molar-refractivity contribution in [2.75, 3.05) is 27.4 Å². The van der Waals surface area contributed by atoms with Crippen molar-refractivity contribution in [2.24, 2.45) is 11.8 Å². The topological polar surface area (TPSA) is 89.5 Å². The van der Waals surface area contributed by atoms with Gasteiger partial charge in [0.15, 0.2) is 0 Å². The van der Waals surface area contributed by atoms with Crippen molar-refractivity contribution in [1.29, 1.82) is 0 Å². The zero-order valence-corrected chi connectivity index (χ0v) is 27.1. The summed E-state index contributed by atoms with van der Waals surface area (Å²) in [5.74, 6) is -0.440. The molecule has 8 rings (SSSR count). The van der Waals surface area contributed by atoms with Crippen LogP contribution in [0.25, 0.3) is 0 Å². The van der Waals surface area contributed by atoms with Crippen LogP contribution in [0.3, 0.4) is 0 Å². The van der Waals surface area contributed by atoms with Crippen LogP contribution in [0.1, 0.15) is 87.2 Å². The molecule has 6 aliphatic heterocycles. The summed E-state index contributed by atoms with van der Waals surface area (Å²) in [6.45, 7) is 0.648. The normalized spacial score (nSPS) is 28.8. The summed E-state index contributed by atoms with van der Waals surface area (Å²) < 4.78 is 35.1. The van der Waals surface area contributed by atoms with E-state index in [1.54, 1.807) is 14.2 Å². The molecule has 0 saturated carbocycles. The van der Waals surface area contributed by atoms with Crippen LogP contribution in [-0.2, 0) is 38.0 Å². The van der Waals surface area contributed by atoms with Crippen molar-refractivity contribution in [2.45, 2.75) is 88.6 Å². The summed E-state index contributed by atoms with van der Waals surface area (Å²) in [6.07, 6.45) is 11.6. The Kier molecular flexibility index (Phi) is 12.7. The molecule has 8 heteroatoms. The highest BCUT2D eigenvalue weighted by Crippen LogP contribution is 2.41. The number of hydrogen-bond acceptors (Lipinski definition) is 8. The minimum atomic E-state index is -0.552. The van der Waals surface area contributed by atoms with Gasteiger partial charge in [-0.3, -0.25) is 0 Å². The molecule has 0 aliphatic carbocycles. The third-order valence-corrected chi connectivity index (χ3v) is 9.34. The average molecular weight is 633 g/mol. The summed E-state index contributed by atoms with van der Waals surface area (Å²) in [7, 11) is 3.25. The van der Waals surface area contributed by atoms with E-state index in [2.05, 4.69) is 24.3 Å². The number of rotatable bonds is 4. The van der Waals surface area contributed by atoms with Gasteiger partial charge in [-0.25, -0.2) is 9.59 Å². The molecule has 1 fully saturated rings. The van der Waals surface area contributed by atoms with E-state index >= 15 is 0 Å². The van der Waals surface area contributed by atoms with E-state index in [9.17, 15) is 9.59 Å². The van der Waals surface area contributed by atoms with Gasteiger partial charge in [0.1, 0.15) is 0 Å². The molecule has 0 aromatic heterocycles. The Hall–Kier alpha value is -3.62. The van der Waals surface area contributed by atoms with Gasteiger partial charge in [-0.2, -0.15) is 0 Å². The highest BCUT2D eigenvalue weighted by molar-refractivity contribution is 5.87. The van der Waals surface area contributed by atoms with E-state index in [0.717, 1.165) is 75.3 Å². The fraction of sp³-hybridized carbons (Fsp3) is 0.526. The molecule has 0 amide bonds. The van der Waals surface area contributed by atoms with E-state index in [0.29, 0.717) is 13.2 Å². The summed E-state index contributed by atoms with van der Waals surface area (Å²) in [5.41, 5.74) is 2.24. The standard InChI is InChI=1S/C38H48O8/c1-41-37-29-21-13-3-5-15-24-44-36(40)34-26-32(28-19-11-8-12-20-28)30(38(42-2)46-34)22-14-4-6-16-23-43-35(39)33(45-37)25-31(29)27-17-9-7-10-18-27/h7-12,17-20,25-26,29-32,37-38H,3-6,13-16,21-24H2,1-2H3/t29?,30?,31-,32+,37+,38-. The molecule has 6 atom stereocenters. The second-order valence-electron chi connectivity index (χ2n) is 12.4. The first kappa shape index (κ1) is 33.7. The molecule has 6 aliphatic rings. The van der Waals surface area contributed by atoms with Gasteiger partial charge in [-0.05, 0) is 49.0 Å². The number of ether oxygens (including phenoxy) is 6. The second kappa shape index (κ2) is 17.3. The number of allylic oxidation sites excluding steroid dienone is 2. The number of benzene rings is 2. The van der Waals surface area contributed by atoms with Gasteiger partial charge in [-0.15, -0.1) is 0 Å². The van der Waals surface area contributed by atoms with Gasteiger partial charge >= 0.3 is 11.9 Å². The smallest absolute Gasteiger partial charge is 0.373 e. The fourth-order valence-electron chi connectivity index (χ4n) is 6.91. The van der Waals surface area contributed by atoms with Gasteiger partial charge in [0.25, 0.3) is 0 Å². The van der Waals surface area contributed by atoms with Crippen molar-refractivity contribution in [3.8, 4) is 0 Å². The lowest BCUT2D eigenvalue weighted by molar-refractivity contribution is -0.168. The molecule has 46 heavy (non-hydrogen) atoms. The van der Waals surface area contributed by atoms with E-state index in [1.807, 2.05) is 48.6 Å². The maximum atomic E-state index is 13.1. The molecule has 0 N–H and O–H groups in total. The highest BCUT2D eigenvalue weighted by Gasteiger charge is 2.39. The van der Waals surface area contributed by atoms with Crippen LogP contribution in [0.2, 0.25) is 0 Å². The molecule has 2 unspecified atom stereocenters. The van der Waals surface area contributed by atoms with Crippen LogP contribution < -0.4 is 0 Å². The molecule has 8 nitrogen and oxygen atoms in total. The van der Waals surface area contributed by atoms with Crippen LogP contribution in [0, 0.1) is 11.8 Å². The van der Waals surface area contributed by atoms with Gasteiger partial charge in [0.2, 0.25) is 24.1 Å². The van der Waals surface area contributed by atoms with Crippen molar-refractivity contribution >= 4 is 11.9 Å². The Morgan fingerprint density at radius 3 is 1.33 bits per heavy atom. The summed E-state index contributed by atoms with van der Waals surface area (Å²) in [6, 6.07) is 20.4. The van der Waals surface area contributed by atoms with Crippen LogP contribution in [0.5, 0.6) is 0 Å². The lowest BCUT2D eigenvalue weighted by atomic mass is 9.80. The maximum Gasteiger partial charge on any atom is 0.373 e. The van der Waals surface area contributed by atoms with Crippen molar-refractivity contribution in [3.63, 3.8) is 0 Å². The predicted molar refractivity (Wildman–Crippen MR) is 173 cm³/mol. The summed E-state index contributed by atoms with van der Waals surface area (Å²) >= 11 is 0. The molecule has 248 valence electrons. The van der Waals surface area contributed by atoms with Crippen molar-refractivity contribution in [1.82, 2.24) is 0 Å². The van der Waals surface area contributed by atoms with E-state index < -0.39 is 24.5 Å². The minimum Gasteiger partial charge on any atom is -0.460 e. The van der Waals surface area contributed by atoms with Crippen LogP contribution in [0.15, 0.2) is 84.3 Å². The monoisotopic (exact) mass is 632 g/mol. The molecular formula is C38H48O8. The van der Waals surface area contributed by atoms with Gasteiger partial charge in [0.05, 0.1) is 13.2 Å². The molecule has 4 bridgehead atoms. The lowest BCUT2D eigenvalue weighted by Crippen LogP contribution is -2.36. The first-order chi connectivity index (χ1) is 22.6. The summed E-state index contributed by atoms with van der Waals surface area (Å²) in [4.78, 5) is 26.3. The van der Waals surface area contributed by atoms with Crippen molar-refractivity contribution in [3.05, 3.63) is 95.5 Å². The number of esters is 2. The van der Waals surface area contributed by atoms with Gasteiger partial charge in [0, 0.05) is 37.9 Å². The zero-order chi connectivity index (χ0) is 32.1. The first-order valence-electron chi connectivity index (χ1n) is 16.9. The number of carbonyl (C=O) groups is 2. The zero-order valence-electron chi connectivity index (χ0n) is 27.1. The van der Waals surface area contributed by atoms with Crippen molar-refractivity contribution < 1.29 is 38.0 Å². The van der Waals surface area contributed by atoms with Crippen LogP contribution >= 0.6 is 0 Å². The summed E-state index contributed by atoms with van der Waals surface area (Å²) in [5, 5.41) is 0. The number of methoxy groups -OCH3 is 2. The predicted octanol–water partition coefficient (Wildman–Crippen LogP) is 7.56. The maximum absolute atomic E-state index is 13.1. The van der Waals surface area contributed by atoms with Gasteiger partial charge < -0.3 is 28.4 Å². The molecule has 0 radical (unpaired) electrons. The van der Waals surface area contributed by atoms with Crippen LogP contribution in [0.4, 0.5) is 0 Å². The fourth-order valence-corrected chi connectivity index (χ4v) is 6.91. The van der Waals surface area contributed by atoms with E-state index in [-0.39, 0.29) is 35.2 Å². The largest absolute Gasteiger partial charge is 0.460 e. The molecule has 6 heterocycles. The third kappa shape index (κ3) is 8.80. The van der Waals surface area contributed by atoms with Gasteiger partial charge in [-0.1, -0.05) is 99.2 Å². The Morgan fingerprint density at radius 1 is 0.543 bits per heavy atom. The van der Waals surface area contributed by atoms with E-state index in [1.165, 1.54) is 0 Å². The Balaban J connectivity index is 1.30. The van der Waals surface area contributed by atoms with Crippen LogP contribution in [-0.4, -0.2) is 52.0 Å². The number of carbonyl (C=O) groups excluding carboxylic acids is 2. The molecular weight excluding hydrogens is 584 g/mol. The highest BCUT2D eigenvalue weighted by atomic mass is 16.7.